The Balaban J connectivity index is 1.54. The molecule has 3 heterocycles. The van der Waals surface area contributed by atoms with Crippen LogP contribution in [0.25, 0.3) is 11.3 Å². The molecule has 2 aromatic rings. The molecule has 1 aliphatic heterocycles. The number of ether oxygens (including phenoxy) is 1. The predicted octanol–water partition coefficient (Wildman–Crippen LogP) is 2.99. The van der Waals surface area contributed by atoms with Crippen molar-refractivity contribution in [3.63, 3.8) is 0 Å². The molecule has 1 aliphatic carbocycles. The zero-order valence-electron chi connectivity index (χ0n) is 15.2. The number of aliphatic imine (C=N–C) groups is 1. The van der Waals surface area contributed by atoms with Crippen LogP contribution >= 0.6 is 0 Å². The van der Waals surface area contributed by atoms with Gasteiger partial charge in [-0.15, -0.1) is 5.10 Å². The Hall–Kier alpha value is -2.57. The molecule has 0 amide bonds. The molecule has 0 radical (unpaired) electrons. The zero-order chi connectivity index (χ0) is 17.9. The quantitative estimate of drug-likeness (QED) is 0.747. The average molecular weight is 352 g/mol. The Bertz CT molecular complexity index is 868. The standard InChI is InChI=1S/C19H24N6O/c1-3-4-9-26-17-11-21-18-19(22-17)25(24-23-18)12-14-5-6-16-15(10-14)13(2)7-8-20-16/h5-6,8,10-11,13,15-16H,3-4,7,9,12H2,1-2H3. The van der Waals surface area contributed by atoms with Gasteiger partial charge in [-0.25, -0.2) is 9.67 Å². The number of hydrogen-bond acceptors (Lipinski definition) is 6. The van der Waals surface area contributed by atoms with Crippen molar-refractivity contribution >= 4 is 17.5 Å². The number of aromatic nitrogens is 5. The molecule has 0 N–H and O–H groups in total. The minimum Gasteiger partial charge on any atom is -0.477 e. The number of unbranched alkanes of at least 4 members (excludes halogenated alkanes) is 1. The third kappa shape index (κ3) is 3.38. The van der Waals surface area contributed by atoms with Crippen LogP contribution < -0.4 is 4.74 Å². The number of fused-ring (bicyclic) bond motifs is 2. The topological polar surface area (TPSA) is 78.1 Å². The maximum absolute atomic E-state index is 5.67. The van der Waals surface area contributed by atoms with Crippen molar-refractivity contribution in [3.8, 4) is 5.88 Å². The maximum Gasteiger partial charge on any atom is 0.234 e. The highest BCUT2D eigenvalue weighted by molar-refractivity contribution is 5.64. The third-order valence-electron chi connectivity index (χ3n) is 5.01. The van der Waals surface area contributed by atoms with Crippen LogP contribution in [0.4, 0.5) is 0 Å². The van der Waals surface area contributed by atoms with Gasteiger partial charge in [-0.05, 0) is 30.5 Å². The second kappa shape index (κ2) is 7.35. The molecular formula is C19H24N6O. The van der Waals surface area contributed by atoms with Crippen molar-refractivity contribution in [1.29, 1.82) is 0 Å². The lowest BCUT2D eigenvalue weighted by atomic mass is 9.79. The van der Waals surface area contributed by atoms with Gasteiger partial charge in [0.1, 0.15) is 0 Å². The largest absolute Gasteiger partial charge is 0.477 e. The lowest BCUT2D eigenvalue weighted by Crippen LogP contribution is -2.28. The molecule has 26 heavy (non-hydrogen) atoms. The van der Waals surface area contributed by atoms with Gasteiger partial charge in [-0.3, -0.25) is 4.99 Å². The summed E-state index contributed by atoms with van der Waals surface area (Å²) < 4.78 is 7.46. The fourth-order valence-corrected chi connectivity index (χ4v) is 3.42. The minimum absolute atomic E-state index is 0.272. The van der Waals surface area contributed by atoms with E-state index < -0.39 is 0 Å². The van der Waals surface area contributed by atoms with Crippen LogP contribution in [-0.4, -0.2) is 43.8 Å². The van der Waals surface area contributed by atoms with Crippen LogP contribution in [0.2, 0.25) is 0 Å². The van der Waals surface area contributed by atoms with Gasteiger partial charge < -0.3 is 4.74 Å². The van der Waals surface area contributed by atoms with Gasteiger partial charge in [0.05, 0.1) is 25.4 Å². The number of hydrogen-bond donors (Lipinski definition) is 0. The Kier molecular flexibility index (Phi) is 4.77. The van der Waals surface area contributed by atoms with E-state index in [1.165, 1.54) is 5.57 Å². The molecule has 0 saturated heterocycles. The summed E-state index contributed by atoms with van der Waals surface area (Å²) >= 11 is 0. The molecule has 3 atom stereocenters. The first kappa shape index (κ1) is 16.9. The summed E-state index contributed by atoms with van der Waals surface area (Å²) in [4.78, 5) is 13.5. The third-order valence-corrected chi connectivity index (χ3v) is 5.01. The van der Waals surface area contributed by atoms with Crippen molar-refractivity contribution in [2.75, 3.05) is 6.61 Å². The predicted molar refractivity (Wildman–Crippen MR) is 100 cm³/mol. The molecule has 7 nitrogen and oxygen atoms in total. The highest BCUT2D eigenvalue weighted by Crippen LogP contribution is 2.31. The highest BCUT2D eigenvalue weighted by atomic mass is 16.5. The van der Waals surface area contributed by atoms with E-state index in [-0.39, 0.29) is 6.04 Å². The first-order valence-corrected chi connectivity index (χ1v) is 9.34. The number of allylic oxidation sites excluding steroid dienone is 2. The van der Waals surface area contributed by atoms with Crippen molar-refractivity contribution in [2.45, 2.75) is 45.7 Å². The molecule has 0 fully saturated rings. The van der Waals surface area contributed by atoms with E-state index in [2.05, 4.69) is 63.6 Å². The normalized spacial score (nSPS) is 24.5. The van der Waals surface area contributed by atoms with E-state index in [1.54, 1.807) is 10.9 Å². The van der Waals surface area contributed by atoms with Gasteiger partial charge in [0.2, 0.25) is 17.2 Å². The van der Waals surface area contributed by atoms with Gasteiger partial charge in [0, 0.05) is 5.92 Å². The van der Waals surface area contributed by atoms with Gasteiger partial charge in [0.15, 0.2) is 0 Å². The average Bonchev–Trinajstić information content (AvgIpc) is 3.05. The first-order chi connectivity index (χ1) is 12.7. The van der Waals surface area contributed by atoms with Crippen LogP contribution in [0.1, 0.15) is 33.1 Å². The van der Waals surface area contributed by atoms with E-state index in [4.69, 9.17) is 4.74 Å². The summed E-state index contributed by atoms with van der Waals surface area (Å²) in [5.41, 5.74) is 2.41. The Morgan fingerprint density at radius 1 is 1.35 bits per heavy atom. The Morgan fingerprint density at radius 2 is 2.27 bits per heavy atom. The van der Waals surface area contributed by atoms with E-state index >= 15 is 0 Å². The summed E-state index contributed by atoms with van der Waals surface area (Å²) in [6.07, 6.45) is 13.4. The Labute approximate surface area is 152 Å². The minimum atomic E-state index is 0.272. The second-order valence-corrected chi connectivity index (χ2v) is 7.02. The lowest BCUT2D eigenvalue weighted by Gasteiger charge is -2.31. The van der Waals surface area contributed by atoms with E-state index in [0.717, 1.165) is 19.3 Å². The maximum atomic E-state index is 5.67. The number of nitrogens with zero attached hydrogens (tertiary/aromatic N) is 6. The zero-order valence-corrected chi connectivity index (χ0v) is 15.2. The second-order valence-electron chi connectivity index (χ2n) is 7.02. The molecule has 0 aromatic carbocycles. The smallest absolute Gasteiger partial charge is 0.234 e. The molecular weight excluding hydrogens is 328 g/mol. The fourth-order valence-electron chi connectivity index (χ4n) is 3.42. The fraction of sp³-hybridized carbons (Fsp3) is 0.526. The molecule has 3 unspecified atom stereocenters. The summed E-state index contributed by atoms with van der Waals surface area (Å²) in [6, 6.07) is 0.272. The van der Waals surface area contributed by atoms with Crippen molar-refractivity contribution in [2.24, 2.45) is 16.8 Å². The van der Waals surface area contributed by atoms with E-state index in [9.17, 15) is 0 Å². The molecule has 7 heteroatoms. The molecule has 4 rings (SSSR count). The van der Waals surface area contributed by atoms with E-state index in [0.29, 0.717) is 42.2 Å². The molecule has 0 spiro atoms. The van der Waals surface area contributed by atoms with Gasteiger partial charge in [0.25, 0.3) is 0 Å². The molecule has 2 aliphatic rings. The molecule has 2 aromatic heterocycles. The van der Waals surface area contributed by atoms with Crippen LogP contribution in [0.5, 0.6) is 5.88 Å². The Morgan fingerprint density at radius 3 is 3.15 bits per heavy atom. The SMILES string of the molecule is CCCCOc1cnc2nnn(CC3=CC4C(C)CC=NC4C=C3)c2n1. The van der Waals surface area contributed by atoms with Gasteiger partial charge in [-0.1, -0.05) is 43.7 Å². The van der Waals surface area contributed by atoms with Crippen LogP contribution in [0, 0.1) is 11.8 Å². The summed E-state index contributed by atoms with van der Waals surface area (Å²) in [5, 5.41) is 8.36. The summed E-state index contributed by atoms with van der Waals surface area (Å²) in [6.45, 7) is 5.69. The molecule has 0 saturated carbocycles. The van der Waals surface area contributed by atoms with E-state index in [1.807, 2.05) is 0 Å². The lowest BCUT2D eigenvalue weighted by molar-refractivity contribution is 0.297. The summed E-state index contributed by atoms with van der Waals surface area (Å²) in [5.74, 6) is 1.58. The van der Waals surface area contributed by atoms with Gasteiger partial charge >= 0.3 is 0 Å². The number of rotatable bonds is 6. The van der Waals surface area contributed by atoms with Crippen LogP contribution in [-0.2, 0) is 6.54 Å². The van der Waals surface area contributed by atoms with Gasteiger partial charge in [-0.2, -0.15) is 4.98 Å². The van der Waals surface area contributed by atoms with Crippen LogP contribution in [0.15, 0.2) is 35.0 Å². The van der Waals surface area contributed by atoms with Crippen molar-refractivity contribution in [1.82, 2.24) is 25.0 Å². The summed E-state index contributed by atoms with van der Waals surface area (Å²) in [7, 11) is 0. The molecule has 0 bridgehead atoms. The highest BCUT2D eigenvalue weighted by Gasteiger charge is 2.28. The van der Waals surface area contributed by atoms with Crippen molar-refractivity contribution < 1.29 is 4.74 Å². The first-order valence-electron chi connectivity index (χ1n) is 9.34. The monoisotopic (exact) mass is 352 g/mol. The van der Waals surface area contributed by atoms with Crippen LogP contribution in [0.3, 0.4) is 0 Å². The molecule has 136 valence electrons. The van der Waals surface area contributed by atoms with Crippen molar-refractivity contribution in [3.05, 3.63) is 30.0 Å².